The third kappa shape index (κ3) is 3.41. The summed E-state index contributed by atoms with van der Waals surface area (Å²) in [5.41, 5.74) is 1.15. The van der Waals surface area contributed by atoms with Gasteiger partial charge in [-0.25, -0.2) is 0 Å². The highest BCUT2D eigenvalue weighted by Crippen LogP contribution is 2.42. The lowest BCUT2D eigenvalue weighted by atomic mass is 9.91. The average Bonchev–Trinajstić information content (AvgIpc) is 3.41. The molecular formula is C27H23NO6. The number of hydrogen-bond acceptors (Lipinski definition) is 6. The summed E-state index contributed by atoms with van der Waals surface area (Å²) in [6.07, 6.45) is 0. The number of carbonyl (C=O) groups excluding carboxylic acids is 2. The van der Waals surface area contributed by atoms with E-state index >= 15 is 0 Å². The second-order valence-electron chi connectivity index (χ2n) is 8.04. The Hall–Kier alpha value is -4.10. The van der Waals surface area contributed by atoms with Crippen LogP contribution < -0.4 is 4.74 Å². The summed E-state index contributed by atoms with van der Waals surface area (Å²) in [6, 6.07) is 19.6. The quantitative estimate of drug-likeness (QED) is 0.400. The van der Waals surface area contributed by atoms with Gasteiger partial charge in [0.1, 0.15) is 0 Å². The molecule has 0 aliphatic carbocycles. The Morgan fingerprint density at radius 3 is 2.56 bits per heavy atom. The number of nitrogens with zero attached hydrogens (tertiary/aromatic N) is 1. The molecule has 0 saturated heterocycles. The number of hydrogen-bond donors (Lipinski definition) is 1. The van der Waals surface area contributed by atoms with E-state index in [-0.39, 0.29) is 24.5 Å². The van der Waals surface area contributed by atoms with Gasteiger partial charge in [0.25, 0.3) is 5.91 Å². The number of ether oxygens (including phenoxy) is 2. The molecule has 1 aromatic heterocycles. The molecule has 0 radical (unpaired) electrons. The van der Waals surface area contributed by atoms with Crippen molar-refractivity contribution in [3.05, 3.63) is 89.4 Å². The van der Waals surface area contributed by atoms with E-state index in [0.29, 0.717) is 16.7 Å². The van der Waals surface area contributed by atoms with Crippen LogP contribution in [0.1, 0.15) is 22.2 Å². The second-order valence-corrected chi connectivity index (χ2v) is 8.04. The predicted octanol–water partition coefficient (Wildman–Crippen LogP) is 4.82. The van der Waals surface area contributed by atoms with Crippen LogP contribution in [-0.4, -0.2) is 49.1 Å². The van der Waals surface area contributed by atoms with Gasteiger partial charge in [0.2, 0.25) is 5.78 Å². The molecule has 1 aliphatic rings. The lowest BCUT2D eigenvalue weighted by Gasteiger charge is -2.27. The van der Waals surface area contributed by atoms with Gasteiger partial charge in [-0.05, 0) is 28.5 Å². The first-order valence-corrected chi connectivity index (χ1v) is 10.9. The van der Waals surface area contributed by atoms with Crippen molar-refractivity contribution >= 4 is 33.4 Å². The van der Waals surface area contributed by atoms with E-state index in [1.807, 2.05) is 42.5 Å². The molecule has 34 heavy (non-hydrogen) atoms. The molecule has 0 bridgehead atoms. The summed E-state index contributed by atoms with van der Waals surface area (Å²) in [7, 11) is 3.06. The minimum Gasteiger partial charge on any atom is -0.503 e. The van der Waals surface area contributed by atoms with E-state index in [4.69, 9.17) is 13.9 Å². The fourth-order valence-corrected chi connectivity index (χ4v) is 4.56. The van der Waals surface area contributed by atoms with Crippen LogP contribution in [-0.2, 0) is 9.53 Å². The number of methoxy groups -OCH3 is 2. The van der Waals surface area contributed by atoms with Crippen LogP contribution in [0.15, 0.2) is 82.5 Å². The number of furan rings is 1. The fraction of sp³-hybridized carbons (Fsp3) is 0.185. The molecule has 1 amide bonds. The molecule has 0 fully saturated rings. The summed E-state index contributed by atoms with van der Waals surface area (Å²) in [6.45, 7) is 0.460. The van der Waals surface area contributed by atoms with Crippen LogP contribution in [0.4, 0.5) is 0 Å². The van der Waals surface area contributed by atoms with Gasteiger partial charge in [-0.2, -0.15) is 0 Å². The third-order valence-corrected chi connectivity index (χ3v) is 6.15. The molecule has 172 valence electrons. The highest BCUT2D eigenvalue weighted by Gasteiger charge is 2.44. The Labute approximate surface area is 195 Å². The highest BCUT2D eigenvalue weighted by atomic mass is 16.5. The largest absolute Gasteiger partial charge is 0.503 e. The third-order valence-electron chi connectivity index (χ3n) is 6.15. The van der Waals surface area contributed by atoms with Crippen molar-refractivity contribution in [3.8, 4) is 5.75 Å². The Kier molecular flexibility index (Phi) is 5.55. The van der Waals surface area contributed by atoms with Gasteiger partial charge < -0.3 is 23.9 Å². The molecule has 1 unspecified atom stereocenters. The summed E-state index contributed by atoms with van der Waals surface area (Å²) in [4.78, 5) is 28.3. The van der Waals surface area contributed by atoms with Crippen molar-refractivity contribution in [2.45, 2.75) is 6.04 Å². The van der Waals surface area contributed by atoms with Gasteiger partial charge in [0.05, 0.1) is 25.3 Å². The molecule has 7 heteroatoms. The SMILES string of the molecule is COCCN1C(=O)C(O)=C(C(=O)c2cc3cccc(OC)c3o2)C1c1cccc2ccccc12. The lowest BCUT2D eigenvalue weighted by molar-refractivity contribution is -0.130. The van der Waals surface area contributed by atoms with Crippen LogP contribution in [0.5, 0.6) is 5.75 Å². The van der Waals surface area contributed by atoms with Crippen LogP contribution in [0.25, 0.3) is 21.7 Å². The van der Waals surface area contributed by atoms with E-state index in [2.05, 4.69) is 0 Å². The molecule has 2 heterocycles. The molecule has 7 nitrogen and oxygen atoms in total. The smallest absolute Gasteiger partial charge is 0.290 e. The predicted molar refractivity (Wildman–Crippen MR) is 127 cm³/mol. The normalized spacial score (nSPS) is 16.1. The number of para-hydroxylation sites is 1. The van der Waals surface area contributed by atoms with Crippen LogP contribution in [0.3, 0.4) is 0 Å². The zero-order valence-corrected chi connectivity index (χ0v) is 18.8. The lowest BCUT2D eigenvalue weighted by Crippen LogP contribution is -2.34. The van der Waals surface area contributed by atoms with Crippen molar-refractivity contribution in [1.29, 1.82) is 0 Å². The van der Waals surface area contributed by atoms with Gasteiger partial charge in [0, 0.05) is 19.0 Å². The molecule has 3 aromatic carbocycles. The van der Waals surface area contributed by atoms with Crippen LogP contribution in [0.2, 0.25) is 0 Å². The van der Waals surface area contributed by atoms with E-state index in [9.17, 15) is 14.7 Å². The minimum absolute atomic E-state index is 0.0181. The maximum Gasteiger partial charge on any atom is 0.290 e. The van der Waals surface area contributed by atoms with Gasteiger partial charge in [-0.15, -0.1) is 0 Å². The van der Waals surface area contributed by atoms with Gasteiger partial charge in [-0.3, -0.25) is 9.59 Å². The first-order valence-electron chi connectivity index (χ1n) is 10.9. The number of aliphatic hydroxyl groups excluding tert-OH is 1. The van der Waals surface area contributed by atoms with Crippen molar-refractivity contribution in [1.82, 2.24) is 4.90 Å². The summed E-state index contributed by atoms with van der Waals surface area (Å²) >= 11 is 0. The molecule has 0 saturated carbocycles. The molecule has 1 atom stereocenters. The Balaban J connectivity index is 1.67. The van der Waals surface area contributed by atoms with Crippen molar-refractivity contribution < 1.29 is 28.6 Å². The van der Waals surface area contributed by atoms with Crippen LogP contribution in [0, 0.1) is 0 Å². The maximum atomic E-state index is 13.7. The number of fused-ring (bicyclic) bond motifs is 2. The minimum atomic E-state index is -0.795. The highest BCUT2D eigenvalue weighted by molar-refractivity contribution is 6.16. The second kappa shape index (κ2) is 8.68. The van der Waals surface area contributed by atoms with Gasteiger partial charge >= 0.3 is 0 Å². The topological polar surface area (TPSA) is 89.2 Å². The summed E-state index contributed by atoms with van der Waals surface area (Å²) in [5, 5.41) is 13.4. The molecule has 0 spiro atoms. The number of amides is 1. The summed E-state index contributed by atoms with van der Waals surface area (Å²) in [5.74, 6) is -1.24. The van der Waals surface area contributed by atoms with E-state index in [0.717, 1.165) is 16.3 Å². The zero-order valence-electron chi connectivity index (χ0n) is 18.8. The summed E-state index contributed by atoms with van der Waals surface area (Å²) < 4.78 is 16.4. The molecule has 4 aromatic rings. The van der Waals surface area contributed by atoms with Crippen molar-refractivity contribution in [2.75, 3.05) is 27.4 Å². The van der Waals surface area contributed by atoms with Gasteiger partial charge in [0.15, 0.2) is 22.9 Å². The fourth-order valence-electron chi connectivity index (χ4n) is 4.56. The first-order chi connectivity index (χ1) is 16.5. The number of ketones is 1. The molecular weight excluding hydrogens is 434 g/mol. The molecule has 1 aliphatic heterocycles. The van der Waals surface area contributed by atoms with E-state index in [1.54, 1.807) is 24.3 Å². The number of rotatable bonds is 7. The standard InChI is InChI=1S/C27H23NO6/c1-32-14-13-28-23(19-11-5-8-16-7-3-4-10-18(16)19)22(25(30)27(28)31)24(29)21-15-17-9-6-12-20(33-2)26(17)34-21/h3-12,15,23,30H,13-14H2,1-2H3. The number of benzene rings is 3. The Morgan fingerprint density at radius 2 is 1.76 bits per heavy atom. The molecule has 1 N–H and O–H groups in total. The number of carbonyl (C=O) groups is 2. The Bertz CT molecular complexity index is 1440. The van der Waals surface area contributed by atoms with Crippen molar-refractivity contribution in [2.24, 2.45) is 0 Å². The van der Waals surface area contributed by atoms with E-state index < -0.39 is 23.5 Å². The van der Waals surface area contributed by atoms with Crippen molar-refractivity contribution in [3.63, 3.8) is 0 Å². The maximum absolute atomic E-state index is 13.7. The number of Topliss-reactive ketones (excluding diaryl/α,β-unsaturated/α-hetero) is 1. The number of aliphatic hydroxyl groups is 1. The monoisotopic (exact) mass is 457 g/mol. The first kappa shape index (κ1) is 21.7. The van der Waals surface area contributed by atoms with Gasteiger partial charge in [-0.1, -0.05) is 54.6 Å². The average molecular weight is 457 g/mol. The zero-order chi connectivity index (χ0) is 23.8. The molecule has 5 rings (SSSR count). The van der Waals surface area contributed by atoms with Crippen LogP contribution >= 0.6 is 0 Å². The Morgan fingerprint density at radius 1 is 1.03 bits per heavy atom. The van der Waals surface area contributed by atoms with E-state index in [1.165, 1.54) is 19.1 Å².